The van der Waals surface area contributed by atoms with Crippen molar-refractivity contribution in [2.75, 3.05) is 11.1 Å². The van der Waals surface area contributed by atoms with E-state index in [0.29, 0.717) is 35.0 Å². The van der Waals surface area contributed by atoms with Crippen molar-refractivity contribution in [3.8, 4) is 10.4 Å². The van der Waals surface area contributed by atoms with E-state index in [-0.39, 0.29) is 12.5 Å². The molecule has 8 nitrogen and oxygen atoms in total. The zero-order chi connectivity index (χ0) is 24.4. The number of hydrogen-bond acceptors (Lipinski definition) is 7. The number of nitrogens with one attached hydrogen (secondary N) is 3. The second-order valence-electron chi connectivity index (χ2n) is 7.64. The first-order valence-corrected chi connectivity index (χ1v) is 11.4. The highest BCUT2D eigenvalue weighted by Crippen LogP contribution is 2.35. The summed E-state index contributed by atoms with van der Waals surface area (Å²) in [6, 6.07) is 10.8. The number of benzene rings is 1. The highest BCUT2D eigenvalue weighted by atomic mass is 32.1. The normalized spacial score (nSPS) is 11.0. The van der Waals surface area contributed by atoms with Crippen LogP contribution in [0.2, 0.25) is 0 Å². The summed E-state index contributed by atoms with van der Waals surface area (Å²) in [6.45, 7) is 0.496. The van der Waals surface area contributed by atoms with Crippen molar-refractivity contribution in [2.24, 2.45) is 0 Å². The van der Waals surface area contributed by atoms with Crippen molar-refractivity contribution < 1.29 is 13.6 Å². The van der Waals surface area contributed by atoms with E-state index in [2.05, 4.69) is 30.6 Å². The zero-order valence-electron chi connectivity index (χ0n) is 18.2. The number of pyridine rings is 1. The summed E-state index contributed by atoms with van der Waals surface area (Å²) in [5.74, 6) is -1.45. The highest BCUT2D eigenvalue weighted by Gasteiger charge is 2.15. The van der Waals surface area contributed by atoms with Crippen LogP contribution in [0.3, 0.4) is 0 Å². The number of thiophene rings is 1. The van der Waals surface area contributed by atoms with Crippen molar-refractivity contribution in [3.63, 3.8) is 0 Å². The third-order valence-electron chi connectivity index (χ3n) is 5.35. The lowest BCUT2D eigenvalue weighted by Gasteiger charge is -2.11. The number of nitrogen functional groups attached to an aromatic ring is 1. The molecule has 5 rings (SSSR count). The molecule has 0 spiro atoms. The van der Waals surface area contributed by atoms with Gasteiger partial charge in [0, 0.05) is 34.3 Å². The quantitative estimate of drug-likeness (QED) is 0.266. The van der Waals surface area contributed by atoms with Crippen LogP contribution >= 0.6 is 11.3 Å². The molecule has 0 aliphatic rings. The minimum absolute atomic E-state index is 0.0517. The molecule has 0 bridgehead atoms. The lowest BCUT2D eigenvalue weighted by molar-refractivity contribution is 0.0951. The average molecular weight is 492 g/mol. The number of halogens is 2. The van der Waals surface area contributed by atoms with Gasteiger partial charge in [-0.25, -0.2) is 23.7 Å². The maximum Gasteiger partial charge on any atom is 0.255 e. The van der Waals surface area contributed by atoms with Crippen molar-refractivity contribution in [2.45, 2.75) is 13.1 Å². The summed E-state index contributed by atoms with van der Waals surface area (Å²) in [5, 5.41) is 6.69. The Morgan fingerprint density at radius 3 is 2.80 bits per heavy atom. The Hall–Kier alpha value is -4.38. The van der Waals surface area contributed by atoms with E-state index in [1.807, 2.05) is 18.3 Å². The maximum atomic E-state index is 13.4. The predicted octanol–water partition coefficient (Wildman–Crippen LogP) is 4.48. The van der Waals surface area contributed by atoms with Gasteiger partial charge in [0.1, 0.15) is 23.6 Å². The van der Waals surface area contributed by atoms with Crippen LogP contribution < -0.4 is 16.4 Å². The summed E-state index contributed by atoms with van der Waals surface area (Å²) >= 11 is 1.57. The van der Waals surface area contributed by atoms with Gasteiger partial charge in [0.25, 0.3) is 5.91 Å². The van der Waals surface area contributed by atoms with Crippen LogP contribution in [0.1, 0.15) is 20.8 Å². The van der Waals surface area contributed by atoms with Crippen LogP contribution in [0.15, 0.2) is 61.2 Å². The van der Waals surface area contributed by atoms with Gasteiger partial charge in [-0.05, 0) is 42.0 Å². The van der Waals surface area contributed by atoms with Crippen LogP contribution in [0.5, 0.6) is 0 Å². The molecule has 1 amide bonds. The van der Waals surface area contributed by atoms with Crippen LogP contribution in [0.4, 0.5) is 20.4 Å². The summed E-state index contributed by atoms with van der Waals surface area (Å²) < 4.78 is 26.5. The first-order valence-electron chi connectivity index (χ1n) is 10.6. The van der Waals surface area contributed by atoms with Gasteiger partial charge in [-0.3, -0.25) is 4.79 Å². The summed E-state index contributed by atoms with van der Waals surface area (Å²) in [7, 11) is 0. The molecule has 11 heteroatoms. The van der Waals surface area contributed by atoms with Crippen LogP contribution in [-0.2, 0) is 13.1 Å². The van der Waals surface area contributed by atoms with Gasteiger partial charge >= 0.3 is 0 Å². The van der Waals surface area contributed by atoms with Gasteiger partial charge in [-0.1, -0.05) is 6.07 Å². The molecule has 4 heterocycles. The molecule has 5 aromatic rings. The predicted molar refractivity (Wildman–Crippen MR) is 131 cm³/mol. The van der Waals surface area contributed by atoms with E-state index in [0.717, 1.165) is 32.8 Å². The zero-order valence-corrected chi connectivity index (χ0v) is 19.0. The number of rotatable bonds is 7. The number of amides is 1. The Kier molecular flexibility index (Phi) is 6.06. The Labute approximate surface area is 202 Å². The van der Waals surface area contributed by atoms with Crippen molar-refractivity contribution in [3.05, 3.63) is 88.8 Å². The third kappa shape index (κ3) is 4.66. The molecule has 0 saturated carbocycles. The first kappa shape index (κ1) is 22.4. The Morgan fingerprint density at radius 2 is 1.94 bits per heavy atom. The lowest BCUT2D eigenvalue weighted by Crippen LogP contribution is -2.24. The standard InChI is InChI=1S/C24H19F2N7OS/c25-17-5-3-13(8-18(17)26)9-31-24(34)15-2-1-7-28-22(15)29-10-14-4-6-19(35-14)16-11-30-23-20(16)21(27)32-12-33-23/h1-8,11-12H,9-10H2,(H,28,29)(H,31,34)(H3,27,30,32,33). The number of hydrogen-bond donors (Lipinski definition) is 4. The Balaban J connectivity index is 1.27. The maximum absolute atomic E-state index is 13.4. The van der Waals surface area contributed by atoms with E-state index in [1.165, 1.54) is 12.4 Å². The second kappa shape index (κ2) is 9.47. The molecule has 0 atom stereocenters. The first-order chi connectivity index (χ1) is 17.0. The van der Waals surface area contributed by atoms with Gasteiger partial charge < -0.3 is 21.4 Å². The van der Waals surface area contributed by atoms with Crippen LogP contribution in [0, 0.1) is 11.6 Å². The SMILES string of the molecule is Nc1ncnc2[nH]cc(-c3ccc(CNc4ncccc4C(=O)NCc4ccc(F)c(F)c4)s3)c12. The van der Waals surface area contributed by atoms with Gasteiger partial charge in [-0.2, -0.15) is 0 Å². The molecule has 4 aromatic heterocycles. The molecular weight excluding hydrogens is 472 g/mol. The number of aromatic nitrogens is 4. The molecule has 35 heavy (non-hydrogen) atoms. The highest BCUT2D eigenvalue weighted by molar-refractivity contribution is 7.15. The van der Waals surface area contributed by atoms with Crippen LogP contribution in [-0.4, -0.2) is 25.8 Å². The Bertz CT molecular complexity index is 1530. The molecular formula is C24H19F2N7OS. The molecule has 0 saturated heterocycles. The molecule has 0 aliphatic heterocycles. The number of H-pyrrole nitrogens is 1. The van der Waals surface area contributed by atoms with Crippen molar-refractivity contribution in [1.29, 1.82) is 0 Å². The minimum Gasteiger partial charge on any atom is -0.383 e. The van der Waals surface area contributed by atoms with E-state index < -0.39 is 11.6 Å². The number of carbonyl (C=O) groups excluding carboxylic acids is 1. The average Bonchev–Trinajstić information content (AvgIpc) is 3.51. The fraction of sp³-hybridized carbons (Fsp3) is 0.0833. The fourth-order valence-electron chi connectivity index (χ4n) is 3.63. The molecule has 5 N–H and O–H groups in total. The minimum atomic E-state index is -0.960. The number of fused-ring (bicyclic) bond motifs is 1. The topological polar surface area (TPSA) is 122 Å². The van der Waals surface area contributed by atoms with E-state index in [9.17, 15) is 13.6 Å². The van der Waals surface area contributed by atoms with Crippen molar-refractivity contribution >= 4 is 39.9 Å². The number of nitrogens with zero attached hydrogens (tertiary/aromatic N) is 3. The summed E-state index contributed by atoms with van der Waals surface area (Å²) in [5.41, 5.74) is 8.43. The molecule has 0 radical (unpaired) electrons. The van der Waals surface area contributed by atoms with Crippen molar-refractivity contribution in [1.82, 2.24) is 25.3 Å². The van der Waals surface area contributed by atoms with E-state index in [1.54, 1.807) is 29.7 Å². The van der Waals surface area contributed by atoms with E-state index in [4.69, 9.17) is 5.73 Å². The number of carbonyl (C=O) groups is 1. The lowest BCUT2D eigenvalue weighted by atomic mass is 10.2. The van der Waals surface area contributed by atoms with E-state index >= 15 is 0 Å². The number of aromatic amines is 1. The molecule has 0 fully saturated rings. The second-order valence-corrected chi connectivity index (χ2v) is 8.80. The van der Waals surface area contributed by atoms with Gasteiger partial charge in [0.2, 0.25) is 0 Å². The van der Waals surface area contributed by atoms with Gasteiger partial charge in [0.05, 0.1) is 17.5 Å². The largest absolute Gasteiger partial charge is 0.383 e. The van der Waals surface area contributed by atoms with Gasteiger partial charge in [-0.15, -0.1) is 11.3 Å². The number of anilines is 2. The molecule has 0 unspecified atom stereocenters. The smallest absolute Gasteiger partial charge is 0.255 e. The van der Waals surface area contributed by atoms with Crippen LogP contribution in [0.25, 0.3) is 21.5 Å². The summed E-state index contributed by atoms with van der Waals surface area (Å²) in [6.07, 6.45) is 4.86. The molecule has 176 valence electrons. The summed E-state index contributed by atoms with van der Waals surface area (Å²) in [4.78, 5) is 30.4. The monoisotopic (exact) mass is 491 g/mol. The molecule has 0 aliphatic carbocycles. The molecule has 1 aromatic carbocycles. The van der Waals surface area contributed by atoms with Gasteiger partial charge in [0.15, 0.2) is 11.6 Å². The number of nitrogens with two attached hydrogens (primary N) is 1. The third-order valence-corrected chi connectivity index (χ3v) is 6.46. The Morgan fingerprint density at radius 1 is 1.06 bits per heavy atom. The fourth-order valence-corrected chi connectivity index (χ4v) is 4.60.